The summed E-state index contributed by atoms with van der Waals surface area (Å²) >= 11 is 0. The van der Waals surface area contributed by atoms with Crippen molar-refractivity contribution < 1.29 is 23.9 Å². The fourth-order valence-electron chi connectivity index (χ4n) is 5.47. The molecule has 1 N–H and O–H groups in total. The molecule has 5 rings (SSSR count). The highest BCUT2D eigenvalue weighted by molar-refractivity contribution is 5.88. The van der Waals surface area contributed by atoms with E-state index in [-0.39, 0.29) is 12.1 Å². The van der Waals surface area contributed by atoms with Crippen molar-refractivity contribution in [3.63, 3.8) is 0 Å². The summed E-state index contributed by atoms with van der Waals surface area (Å²) in [4.78, 5) is 13.5. The summed E-state index contributed by atoms with van der Waals surface area (Å²) in [5, 5.41) is 11.7. The maximum Gasteiger partial charge on any atom is 0.348 e. The first-order chi connectivity index (χ1) is 13.4. The molecule has 0 aromatic heterocycles. The van der Waals surface area contributed by atoms with Crippen LogP contribution in [0.3, 0.4) is 0 Å². The van der Waals surface area contributed by atoms with Crippen LogP contribution in [0.25, 0.3) is 0 Å². The van der Waals surface area contributed by atoms with Gasteiger partial charge in [-0.2, -0.15) is 0 Å². The molecular formula is C23H26NO4+. The lowest BCUT2D eigenvalue weighted by Gasteiger charge is -2.41. The van der Waals surface area contributed by atoms with Crippen LogP contribution in [0.2, 0.25) is 0 Å². The molecule has 5 heteroatoms. The number of hydrogen-bond donors (Lipinski definition) is 1. The Hall–Kier alpha value is -2.37. The maximum atomic E-state index is 13.5. The number of rotatable bonds is 2. The van der Waals surface area contributed by atoms with E-state index in [1.807, 2.05) is 12.1 Å². The summed E-state index contributed by atoms with van der Waals surface area (Å²) < 4.78 is 12.9. The number of fused-ring (bicyclic) bond motifs is 4. The second-order valence-electron chi connectivity index (χ2n) is 8.77. The second-order valence-corrected chi connectivity index (χ2v) is 8.77. The Balaban J connectivity index is 1.53. The number of nitrogens with zero attached hydrogens (tertiary/aromatic N) is 1. The molecule has 3 atom stereocenters. The van der Waals surface area contributed by atoms with Gasteiger partial charge in [0.15, 0.2) is 6.10 Å². The fourth-order valence-corrected chi connectivity index (χ4v) is 5.47. The third kappa shape index (κ3) is 2.36. The predicted octanol–water partition coefficient (Wildman–Crippen LogP) is 3.34. The molecule has 2 unspecified atom stereocenters. The van der Waals surface area contributed by atoms with E-state index in [9.17, 15) is 9.90 Å². The minimum atomic E-state index is -1.86. The van der Waals surface area contributed by atoms with Crippen molar-refractivity contribution in [3.05, 3.63) is 59.7 Å². The number of hydrogen-bond acceptors (Lipinski definition) is 4. The van der Waals surface area contributed by atoms with Crippen LogP contribution in [0.15, 0.2) is 48.5 Å². The van der Waals surface area contributed by atoms with Crippen LogP contribution in [-0.4, -0.2) is 47.8 Å². The number of carbonyl (C=O) groups excluding carboxylic acids is 1. The molecule has 2 bridgehead atoms. The number of esters is 1. The number of quaternary nitrogens is 1. The number of carbonyl (C=O) groups is 1. The molecular weight excluding hydrogens is 354 g/mol. The average molecular weight is 380 g/mol. The van der Waals surface area contributed by atoms with E-state index in [0.717, 1.165) is 17.3 Å². The predicted molar refractivity (Wildman–Crippen MR) is 104 cm³/mol. The summed E-state index contributed by atoms with van der Waals surface area (Å²) in [6, 6.07) is 15.1. The van der Waals surface area contributed by atoms with Crippen LogP contribution in [0.5, 0.6) is 11.5 Å². The Morgan fingerprint density at radius 2 is 1.68 bits per heavy atom. The lowest BCUT2D eigenvalue weighted by atomic mass is 9.83. The molecule has 146 valence electrons. The Morgan fingerprint density at radius 3 is 2.29 bits per heavy atom. The minimum Gasteiger partial charge on any atom is -0.457 e. The molecule has 0 aliphatic carbocycles. The molecule has 0 spiro atoms. The normalized spacial score (nSPS) is 28.6. The van der Waals surface area contributed by atoms with Gasteiger partial charge in [0.2, 0.25) is 5.60 Å². The Labute approximate surface area is 165 Å². The van der Waals surface area contributed by atoms with Crippen LogP contribution >= 0.6 is 0 Å². The Bertz CT molecular complexity index is 892. The van der Waals surface area contributed by atoms with E-state index < -0.39 is 11.6 Å². The van der Waals surface area contributed by atoms with Gasteiger partial charge in [-0.25, -0.2) is 4.79 Å². The first-order valence-corrected chi connectivity index (χ1v) is 10.1. The number of aliphatic hydroxyl groups is 1. The fraction of sp³-hybridized carbons (Fsp3) is 0.435. The zero-order valence-corrected chi connectivity index (χ0v) is 16.3. The summed E-state index contributed by atoms with van der Waals surface area (Å²) in [5.74, 6) is 0.372. The van der Waals surface area contributed by atoms with Gasteiger partial charge in [-0.1, -0.05) is 36.4 Å². The molecule has 2 saturated heterocycles. The molecule has 0 saturated carbocycles. The van der Waals surface area contributed by atoms with Crippen LogP contribution < -0.4 is 4.74 Å². The summed E-state index contributed by atoms with van der Waals surface area (Å²) in [5.41, 5.74) is -0.985. The van der Waals surface area contributed by atoms with Crippen LogP contribution in [0.1, 0.15) is 36.8 Å². The van der Waals surface area contributed by atoms with Crippen molar-refractivity contribution in [2.45, 2.75) is 49.5 Å². The molecule has 28 heavy (non-hydrogen) atoms. The summed E-state index contributed by atoms with van der Waals surface area (Å²) in [6.07, 6.45) is 4.09. The molecule has 0 radical (unpaired) electrons. The van der Waals surface area contributed by atoms with E-state index in [2.05, 4.69) is 14.1 Å². The smallest absolute Gasteiger partial charge is 0.348 e. The van der Waals surface area contributed by atoms with Gasteiger partial charge in [0.05, 0.1) is 20.1 Å². The second kappa shape index (κ2) is 6.06. The van der Waals surface area contributed by atoms with Gasteiger partial charge in [0, 0.05) is 24.0 Å². The third-order valence-electron chi connectivity index (χ3n) is 7.09. The van der Waals surface area contributed by atoms with E-state index >= 15 is 0 Å². The van der Waals surface area contributed by atoms with Crippen LogP contribution in [0.4, 0.5) is 0 Å². The van der Waals surface area contributed by atoms with Gasteiger partial charge in [0.25, 0.3) is 0 Å². The molecule has 3 aliphatic heterocycles. The van der Waals surface area contributed by atoms with Crippen molar-refractivity contribution in [1.82, 2.24) is 0 Å². The van der Waals surface area contributed by atoms with Crippen molar-refractivity contribution in [1.29, 1.82) is 0 Å². The number of benzene rings is 2. The van der Waals surface area contributed by atoms with Gasteiger partial charge in [-0.05, 0) is 25.0 Å². The van der Waals surface area contributed by atoms with E-state index in [4.69, 9.17) is 9.47 Å². The Morgan fingerprint density at radius 1 is 1.07 bits per heavy atom. The van der Waals surface area contributed by atoms with Gasteiger partial charge in [-0.3, -0.25) is 0 Å². The molecule has 2 fully saturated rings. The number of ether oxygens (including phenoxy) is 2. The molecule has 2 aromatic rings. The van der Waals surface area contributed by atoms with Crippen molar-refractivity contribution in [2.24, 2.45) is 0 Å². The summed E-state index contributed by atoms with van der Waals surface area (Å²) in [7, 11) is 4.46. The average Bonchev–Trinajstić information content (AvgIpc) is 2.83. The zero-order valence-electron chi connectivity index (χ0n) is 16.3. The van der Waals surface area contributed by atoms with Crippen molar-refractivity contribution >= 4 is 5.97 Å². The number of para-hydroxylation sites is 2. The molecule has 3 aliphatic rings. The van der Waals surface area contributed by atoms with Crippen LogP contribution in [-0.2, 0) is 15.1 Å². The highest BCUT2D eigenvalue weighted by Gasteiger charge is 2.56. The number of likely N-dealkylation sites (N-methyl/N-ethyl adjacent to an activating group) is 1. The quantitative estimate of drug-likeness (QED) is 0.641. The van der Waals surface area contributed by atoms with E-state index in [0.29, 0.717) is 28.7 Å². The summed E-state index contributed by atoms with van der Waals surface area (Å²) in [6.45, 7) is 0. The monoisotopic (exact) mass is 380 g/mol. The molecule has 3 heterocycles. The van der Waals surface area contributed by atoms with E-state index in [1.165, 1.54) is 12.8 Å². The van der Waals surface area contributed by atoms with Crippen molar-refractivity contribution in [3.8, 4) is 11.5 Å². The van der Waals surface area contributed by atoms with Gasteiger partial charge in [-0.15, -0.1) is 0 Å². The molecule has 0 amide bonds. The standard InChI is InChI=1S/C23H26NO4/c1-24(2)15-8-7-11-18(24)21(14-15)28-22(25)23(26)16-9-3-5-12-19(16)27-20-13-6-4-10-17(20)23/h3-6,9-10,12-13,15,18,21,26H,7-8,11,14H2,1-2H3/q+1/t15?,18?,21-/m1/s1. The first kappa shape index (κ1) is 17.7. The first-order valence-electron chi connectivity index (χ1n) is 10.1. The molecule has 2 aromatic carbocycles. The maximum absolute atomic E-state index is 13.5. The SMILES string of the molecule is C[N+]1(C)C2CCCC1[C@H](OC(=O)C1(O)c3ccccc3Oc3ccccc31)C2. The minimum absolute atomic E-state index is 0.166. The molecule has 5 nitrogen and oxygen atoms in total. The highest BCUT2D eigenvalue weighted by atomic mass is 16.6. The lowest BCUT2D eigenvalue weighted by molar-refractivity contribution is -0.931. The lowest BCUT2D eigenvalue weighted by Crippen LogP contribution is -2.55. The zero-order chi connectivity index (χ0) is 19.5. The Kier molecular flexibility index (Phi) is 3.83. The van der Waals surface area contributed by atoms with Gasteiger partial charge < -0.3 is 19.1 Å². The third-order valence-corrected chi connectivity index (χ3v) is 7.09. The number of piperidine rings is 1. The van der Waals surface area contributed by atoms with E-state index in [1.54, 1.807) is 36.4 Å². The van der Waals surface area contributed by atoms with Crippen LogP contribution in [0, 0.1) is 0 Å². The highest BCUT2D eigenvalue weighted by Crippen LogP contribution is 2.48. The van der Waals surface area contributed by atoms with Gasteiger partial charge >= 0.3 is 5.97 Å². The van der Waals surface area contributed by atoms with Crippen molar-refractivity contribution in [2.75, 3.05) is 14.1 Å². The van der Waals surface area contributed by atoms with Gasteiger partial charge in [0.1, 0.15) is 17.5 Å². The topological polar surface area (TPSA) is 55.8 Å². The largest absolute Gasteiger partial charge is 0.457 e.